The van der Waals surface area contributed by atoms with Crippen LogP contribution in [0.25, 0.3) is 0 Å². The fourth-order valence-corrected chi connectivity index (χ4v) is 3.16. The molecule has 1 aromatic carbocycles. The van der Waals surface area contributed by atoms with E-state index in [1.54, 1.807) is 23.1 Å². The molecule has 0 saturated carbocycles. The zero-order valence-corrected chi connectivity index (χ0v) is 13.0. The number of halogens is 3. The minimum absolute atomic E-state index is 0. The Morgan fingerprint density at radius 3 is 2.60 bits per heavy atom. The molecule has 1 amide bonds. The Morgan fingerprint density at radius 1 is 1.25 bits per heavy atom. The van der Waals surface area contributed by atoms with E-state index < -0.39 is 0 Å². The molecule has 110 valence electrons. The van der Waals surface area contributed by atoms with E-state index >= 15 is 0 Å². The van der Waals surface area contributed by atoms with E-state index in [2.05, 4.69) is 5.32 Å². The highest BCUT2D eigenvalue weighted by molar-refractivity contribution is 6.36. The van der Waals surface area contributed by atoms with Crippen LogP contribution in [0.3, 0.4) is 0 Å². The first-order chi connectivity index (χ1) is 9.10. The number of ether oxygens (including phenoxy) is 1. The number of benzene rings is 1. The van der Waals surface area contributed by atoms with Crippen molar-refractivity contribution in [2.75, 3.05) is 24.5 Å². The Labute approximate surface area is 133 Å². The minimum atomic E-state index is -0.370. The number of carbonyl (C=O) groups excluding carboxylic acids is 1. The maximum atomic E-state index is 12.1. The van der Waals surface area contributed by atoms with Crippen LogP contribution < -0.4 is 10.2 Å². The van der Waals surface area contributed by atoms with Crippen molar-refractivity contribution in [1.29, 1.82) is 0 Å². The smallest absolute Gasteiger partial charge is 0.415 e. The van der Waals surface area contributed by atoms with E-state index in [0.717, 1.165) is 25.9 Å². The second-order valence-electron chi connectivity index (χ2n) is 4.98. The Kier molecular flexibility index (Phi) is 4.69. The van der Waals surface area contributed by atoms with Gasteiger partial charge >= 0.3 is 6.09 Å². The molecule has 3 rings (SSSR count). The lowest BCUT2D eigenvalue weighted by Crippen LogP contribution is -2.44. The van der Waals surface area contributed by atoms with E-state index in [4.69, 9.17) is 27.9 Å². The predicted octanol–water partition coefficient (Wildman–Crippen LogP) is 3.49. The van der Waals surface area contributed by atoms with Crippen molar-refractivity contribution >= 4 is 47.4 Å². The number of piperidine rings is 1. The third-order valence-electron chi connectivity index (χ3n) is 3.69. The molecule has 0 bridgehead atoms. The first kappa shape index (κ1) is 15.7. The average molecular weight is 338 g/mol. The minimum Gasteiger partial charge on any atom is -0.441 e. The third kappa shape index (κ3) is 2.84. The van der Waals surface area contributed by atoms with Gasteiger partial charge in [0, 0.05) is 17.9 Å². The van der Waals surface area contributed by atoms with Crippen molar-refractivity contribution < 1.29 is 9.53 Å². The monoisotopic (exact) mass is 336 g/mol. The van der Waals surface area contributed by atoms with Gasteiger partial charge in [-0.2, -0.15) is 0 Å². The van der Waals surface area contributed by atoms with Gasteiger partial charge in [0.1, 0.15) is 5.60 Å². The lowest BCUT2D eigenvalue weighted by atomic mass is 9.92. The first-order valence-corrected chi connectivity index (χ1v) is 7.02. The third-order valence-corrected chi connectivity index (χ3v) is 4.22. The van der Waals surface area contributed by atoms with Crippen molar-refractivity contribution in [3.63, 3.8) is 0 Å². The van der Waals surface area contributed by atoms with Gasteiger partial charge in [0.2, 0.25) is 0 Å². The van der Waals surface area contributed by atoms with E-state index in [-0.39, 0.29) is 24.1 Å². The topological polar surface area (TPSA) is 41.6 Å². The predicted molar refractivity (Wildman–Crippen MR) is 82.4 cm³/mol. The molecule has 0 radical (unpaired) electrons. The van der Waals surface area contributed by atoms with Crippen molar-refractivity contribution in [2.45, 2.75) is 18.4 Å². The largest absolute Gasteiger partial charge is 0.441 e. The van der Waals surface area contributed by atoms with Crippen LogP contribution in [-0.4, -0.2) is 31.3 Å². The zero-order valence-electron chi connectivity index (χ0n) is 10.7. The molecule has 7 heteroatoms. The normalized spacial score (nSPS) is 20.7. The summed E-state index contributed by atoms with van der Waals surface area (Å²) in [5.74, 6) is 0. The molecule has 2 heterocycles. The average Bonchev–Trinajstić information content (AvgIpc) is 2.67. The standard InChI is InChI=1S/C13H14Cl2N2O2.ClH/c14-9-1-2-11(10(15)7-9)17-8-13(19-12(17)18)3-5-16-6-4-13;/h1-2,7,16H,3-6,8H2;1H. The van der Waals surface area contributed by atoms with Gasteiger partial charge in [0.05, 0.1) is 17.3 Å². The van der Waals surface area contributed by atoms with Gasteiger partial charge in [-0.1, -0.05) is 23.2 Å². The summed E-state index contributed by atoms with van der Waals surface area (Å²) in [6.45, 7) is 2.29. The summed E-state index contributed by atoms with van der Waals surface area (Å²) in [6.07, 6.45) is 1.34. The molecule has 0 unspecified atom stereocenters. The highest BCUT2D eigenvalue weighted by Gasteiger charge is 2.46. The molecule has 1 spiro atoms. The Balaban J connectivity index is 0.00000147. The number of amides is 1. The van der Waals surface area contributed by atoms with Crippen molar-refractivity contribution in [3.8, 4) is 0 Å². The van der Waals surface area contributed by atoms with Crippen molar-refractivity contribution in [3.05, 3.63) is 28.2 Å². The number of nitrogens with one attached hydrogen (secondary N) is 1. The summed E-state index contributed by atoms with van der Waals surface area (Å²) in [6, 6.07) is 5.12. The quantitative estimate of drug-likeness (QED) is 0.853. The Morgan fingerprint density at radius 2 is 1.95 bits per heavy atom. The summed E-state index contributed by atoms with van der Waals surface area (Å²) in [5.41, 5.74) is 0.289. The molecule has 2 fully saturated rings. The van der Waals surface area contributed by atoms with Crippen molar-refractivity contribution in [1.82, 2.24) is 5.32 Å². The molecule has 1 N–H and O–H groups in total. The lowest BCUT2D eigenvalue weighted by molar-refractivity contribution is 0.0316. The number of rotatable bonds is 1. The van der Waals surface area contributed by atoms with Crippen LogP contribution in [0.5, 0.6) is 0 Å². The van der Waals surface area contributed by atoms with Crippen molar-refractivity contribution in [2.24, 2.45) is 0 Å². The van der Waals surface area contributed by atoms with Crippen LogP contribution in [0.4, 0.5) is 10.5 Å². The maximum absolute atomic E-state index is 12.1. The van der Waals surface area contributed by atoms with E-state index in [1.165, 1.54) is 0 Å². The number of anilines is 1. The van der Waals surface area contributed by atoms with Crippen LogP contribution in [0.2, 0.25) is 10.0 Å². The van der Waals surface area contributed by atoms with Gasteiger partial charge in [0.15, 0.2) is 0 Å². The van der Waals surface area contributed by atoms with Gasteiger partial charge in [-0.05, 0) is 31.3 Å². The second kappa shape index (κ2) is 5.98. The van der Waals surface area contributed by atoms with Crippen LogP contribution in [-0.2, 0) is 4.74 Å². The summed E-state index contributed by atoms with van der Waals surface area (Å²) in [7, 11) is 0. The van der Waals surface area contributed by atoms with Gasteiger partial charge in [-0.3, -0.25) is 4.90 Å². The highest BCUT2D eigenvalue weighted by Crippen LogP contribution is 2.37. The van der Waals surface area contributed by atoms with E-state index in [1.807, 2.05) is 0 Å². The Hall–Kier alpha value is -0.680. The van der Waals surface area contributed by atoms with Crippen LogP contribution in [0, 0.1) is 0 Å². The van der Waals surface area contributed by atoms with Crippen LogP contribution in [0.15, 0.2) is 18.2 Å². The lowest BCUT2D eigenvalue weighted by Gasteiger charge is -2.31. The van der Waals surface area contributed by atoms with E-state index in [9.17, 15) is 4.79 Å². The molecule has 2 saturated heterocycles. The molecule has 0 aliphatic carbocycles. The second-order valence-corrected chi connectivity index (χ2v) is 5.83. The number of hydrogen-bond acceptors (Lipinski definition) is 3. The number of carbonyl (C=O) groups is 1. The summed E-state index contributed by atoms with van der Waals surface area (Å²) < 4.78 is 5.60. The van der Waals surface area contributed by atoms with Gasteiger partial charge in [-0.15, -0.1) is 12.4 Å². The molecular formula is C13H15Cl3N2O2. The summed E-state index contributed by atoms with van der Waals surface area (Å²) in [5, 5.41) is 4.29. The number of nitrogens with zero attached hydrogens (tertiary/aromatic N) is 1. The SMILES string of the molecule is Cl.O=C1OC2(CCNCC2)CN1c1ccc(Cl)cc1Cl. The van der Waals surface area contributed by atoms with Crippen LogP contribution in [0.1, 0.15) is 12.8 Å². The Bertz CT molecular complexity index is 518. The zero-order chi connectivity index (χ0) is 13.5. The fourth-order valence-electron chi connectivity index (χ4n) is 2.65. The molecule has 1 aromatic rings. The molecule has 0 aromatic heterocycles. The van der Waals surface area contributed by atoms with Gasteiger partial charge < -0.3 is 10.1 Å². The summed E-state index contributed by atoms with van der Waals surface area (Å²) >= 11 is 12.0. The molecule has 2 aliphatic rings. The molecule has 4 nitrogen and oxygen atoms in total. The maximum Gasteiger partial charge on any atom is 0.415 e. The van der Waals surface area contributed by atoms with Gasteiger partial charge in [0.25, 0.3) is 0 Å². The summed E-state index contributed by atoms with van der Waals surface area (Å²) in [4.78, 5) is 13.7. The molecule has 0 atom stereocenters. The van der Waals surface area contributed by atoms with Gasteiger partial charge in [-0.25, -0.2) is 4.79 Å². The molecular weight excluding hydrogens is 323 g/mol. The molecule has 20 heavy (non-hydrogen) atoms. The molecule has 2 aliphatic heterocycles. The first-order valence-electron chi connectivity index (χ1n) is 6.26. The fraction of sp³-hybridized carbons (Fsp3) is 0.462. The highest BCUT2D eigenvalue weighted by atomic mass is 35.5. The number of hydrogen-bond donors (Lipinski definition) is 1. The van der Waals surface area contributed by atoms with E-state index in [0.29, 0.717) is 22.3 Å². The van der Waals surface area contributed by atoms with Crippen LogP contribution >= 0.6 is 35.6 Å².